The summed E-state index contributed by atoms with van der Waals surface area (Å²) in [5, 5.41) is 0. The molecule has 0 saturated carbocycles. The number of anilines is 1. The van der Waals surface area contributed by atoms with Gasteiger partial charge in [0.1, 0.15) is 5.82 Å². The van der Waals surface area contributed by atoms with Crippen molar-refractivity contribution in [1.82, 2.24) is 9.97 Å². The fraction of sp³-hybridized carbons (Fsp3) is 0.231. The van der Waals surface area contributed by atoms with Crippen molar-refractivity contribution in [2.24, 2.45) is 5.84 Å². The van der Waals surface area contributed by atoms with Crippen molar-refractivity contribution >= 4 is 21.7 Å². The molecule has 0 saturated heterocycles. The monoisotopic (exact) mass is 356 g/mol. The third-order valence-electron chi connectivity index (χ3n) is 3.24. The van der Waals surface area contributed by atoms with Gasteiger partial charge in [-0.05, 0) is 28.1 Å². The van der Waals surface area contributed by atoms with Crippen LogP contribution in [-0.4, -0.2) is 16.6 Å². The molecule has 0 aliphatic carbocycles. The number of hydrogen-bond acceptors (Lipinski definition) is 5. The molecule has 21 heavy (non-hydrogen) atoms. The molecule has 1 aromatic carbocycles. The number of fused-ring (bicyclic) bond motifs is 1. The molecule has 1 aliphatic heterocycles. The Morgan fingerprint density at radius 1 is 1.29 bits per heavy atom. The van der Waals surface area contributed by atoms with E-state index in [-0.39, 0.29) is 10.3 Å². The highest BCUT2D eigenvalue weighted by Crippen LogP contribution is 2.32. The van der Waals surface area contributed by atoms with E-state index in [1.54, 1.807) is 0 Å². The van der Waals surface area contributed by atoms with Crippen LogP contribution in [0.15, 0.2) is 16.6 Å². The lowest BCUT2D eigenvalue weighted by molar-refractivity contribution is 0.109. The van der Waals surface area contributed by atoms with Crippen molar-refractivity contribution in [3.63, 3.8) is 0 Å². The highest BCUT2D eigenvalue weighted by Gasteiger charge is 2.21. The van der Waals surface area contributed by atoms with Crippen LogP contribution in [0.4, 0.5) is 14.6 Å². The van der Waals surface area contributed by atoms with Crippen molar-refractivity contribution in [1.29, 1.82) is 0 Å². The van der Waals surface area contributed by atoms with Crippen LogP contribution < -0.4 is 11.3 Å². The van der Waals surface area contributed by atoms with Crippen LogP contribution >= 0.6 is 15.9 Å². The molecule has 0 spiro atoms. The second kappa shape index (κ2) is 5.63. The van der Waals surface area contributed by atoms with E-state index >= 15 is 0 Å². The van der Waals surface area contributed by atoms with Crippen LogP contribution in [0.5, 0.6) is 0 Å². The Labute approximate surface area is 127 Å². The van der Waals surface area contributed by atoms with Crippen LogP contribution in [0.2, 0.25) is 0 Å². The zero-order chi connectivity index (χ0) is 15.0. The third kappa shape index (κ3) is 2.50. The first-order valence-corrected chi connectivity index (χ1v) is 6.99. The molecule has 5 nitrogen and oxygen atoms in total. The highest BCUT2D eigenvalue weighted by atomic mass is 79.9. The average molecular weight is 357 g/mol. The molecule has 8 heteroatoms. The molecule has 0 unspecified atom stereocenters. The fourth-order valence-corrected chi connectivity index (χ4v) is 2.67. The Bertz CT molecular complexity index is 694. The van der Waals surface area contributed by atoms with Crippen LogP contribution in [0.25, 0.3) is 11.4 Å². The minimum atomic E-state index is -0.973. The van der Waals surface area contributed by atoms with Gasteiger partial charge >= 0.3 is 0 Å². The number of hydrazine groups is 1. The van der Waals surface area contributed by atoms with Crippen LogP contribution in [0.1, 0.15) is 11.3 Å². The molecule has 110 valence electrons. The average Bonchev–Trinajstić information content (AvgIpc) is 2.51. The van der Waals surface area contributed by atoms with Gasteiger partial charge in [-0.2, -0.15) is 0 Å². The lowest BCUT2D eigenvalue weighted by Gasteiger charge is -2.19. The van der Waals surface area contributed by atoms with Crippen LogP contribution in [0.3, 0.4) is 0 Å². The van der Waals surface area contributed by atoms with Crippen LogP contribution in [0, 0.1) is 11.6 Å². The number of rotatable bonds is 2. The van der Waals surface area contributed by atoms with E-state index in [2.05, 4.69) is 31.3 Å². The van der Waals surface area contributed by atoms with Crippen molar-refractivity contribution in [2.45, 2.75) is 13.0 Å². The molecule has 0 fully saturated rings. The van der Waals surface area contributed by atoms with E-state index < -0.39 is 11.6 Å². The topological polar surface area (TPSA) is 73.1 Å². The molecule has 1 aromatic heterocycles. The highest BCUT2D eigenvalue weighted by molar-refractivity contribution is 9.10. The molecule has 2 heterocycles. The summed E-state index contributed by atoms with van der Waals surface area (Å²) in [7, 11) is 0. The smallest absolute Gasteiger partial charge is 0.173 e. The molecule has 0 amide bonds. The molecule has 1 aliphatic rings. The quantitative estimate of drug-likeness (QED) is 0.491. The zero-order valence-electron chi connectivity index (χ0n) is 10.8. The van der Waals surface area contributed by atoms with Gasteiger partial charge in [0.25, 0.3) is 0 Å². The predicted octanol–water partition coefficient (Wildman–Crippen LogP) is 2.54. The Kier molecular flexibility index (Phi) is 3.83. The van der Waals surface area contributed by atoms with Crippen LogP contribution in [-0.2, 0) is 17.8 Å². The summed E-state index contributed by atoms with van der Waals surface area (Å²) in [5.74, 6) is 4.26. The summed E-state index contributed by atoms with van der Waals surface area (Å²) in [6, 6.07) is 2.46. The lowest BCUT2D eigenvalue weighted by Crippen LogP contribution is -2.19. The number of aromatic nitrogens is 2. The molecule has 0 bridgehead atoms. The molecule has 3 N–H and O–H groups in total. The summed E-state index contributed by atoms with van der Waals surface area (Å²) < 4.78 is 32.2. The first-order chi connectivity index (χ1) is 10.1. The largest absolute Gasteiger partial charge is 0.376 e. The molecular formula is C13H11BrF2N4O. The number of nitrogen functional groups attached to an aromatic ring is 1. The first-order valence-electron chi connectivity index (χ1n) is 6.20. The van der Waals surface area contributed by atoms with Gasteiger partial charge in [0.2, 0.25) is 0 Å². The standard InChI is InChI=1S/C13H11BrF2N4O/c14-10-6(1-2-8(15)11(10)16)12-18-9-3-4-21-5-7(9)13(19-12)20-17/h1-2H,3-5,17H2,(H,18,19,20). The Morgan fingerprint density at radius 3 is 2.86 bits per heavy atom. The van der Waals surface area contributed by atoms with E-state index in [4.69, 9.17) is 10.6 Å². The zero-order valence-corrected chi connectivity index (χ0v) is 12.4. The number of nitrogens with two attached hydrogens (primary N) is 1. The summed E-state index contributed by atoms with van der Waals surface area (Å²) >= 11 is 3.04. The van der Waals surface area contributed by atoms with E-state index in [1.165, 1.54) is 6.07 Å². The number of benzene rings is 1. The normalized spacial score (nSPS) is 13.9. The maximum absolute atomic E-state index is 13.7. The summed E-state index contributed by atoms with van der Waals surface area (Å²) in [4.78, 5) is 8.68. The van der Waals surface area contributed by atoms with E-state index in [1.807, 2.05) is 0 Å². The molecule has 2 aromatic rings. The van der Waals surface area contributed by atoms with Gasteiger partial charge in [0.05, 0.1) is 23.4 Å². The van der Waals surface area contributed by atoms with Gasteiger partial charge in [-0.1, -0.05) is 0 Å². The number of halogens is 3. The third-order valence-corrected chi connectivity index (χ3v) is 4.01. The van der Waals surface area contributed by atoms with Crippen molar-refractivity contribution in [3.8, 4) is 11.4 Å². The molecule has 0 radical (unpaired) electrons. The predicted molar refractivity (Wildman–Crippen MR) is 76.3 cm³/mol. The van der Waals surface area contributed by atoms with Gasteiger partial charge in [-0.25, -0.2) is 24.6 Å². The molecular weight excluding hydrogens is 346 g/mol. The summed E-state index contributed by atoms with van der Waals surface area (Å²) in [6.45, 7) is 0.917. The SMILES string of the molecule is NNc1nc(-c2ccc(F)c(F)c2Br)nc2c1COCC2. The summed E-state index contributed by atoms with van der Waals surface area (Å²) in [6.07, 6.45) is 0.612. The van der Waals surface area contributed by atoms with E-state index in [0.29, 0.717) is 31.0 Å². The number of nitrogens with one attached hydrogen (secondary N) is 1. The van der Waals surface area contributed by atoms with Crippen molar-refractivity contribution in [2.75, 3.05) is 12.0 Å². The summed E-state index contributed by atoms with van der Waals surface area (Å²) in [5.41, 5.74) is 4.43. The van der Waals surface area contributed by atoms with Gasteiger partial charge in [-0.3, -0.25) is 0 Å². The first kappa shape index (κ1) is 14.3. The fourth-order valence-electron chi connectivity index (χ4n) is 2.17. The van der Waals surface area contributed by atoms with Gasteiger partial charge < -0.3 is 10.2 Å². The Hall–Kier alpha value is -1.64. The second-order valence-corrected chi connectivity index (χ2v) is 5.28. The van der Waals surface area contributed by atoms with Crippen molar-refractivity contribution < 1.29 is 13.5 Å². The van der Waals surface area contributed by atoms with Crippen molar-refractivity contribution in [3.05, 3.63) is 39.5 Å². The number of ether oxygens (including phenoxy) is 1. The lowest BCUT2D eigenvalue weighted by atomic mass is 10.1. The maximum Gasteiger partial charge on any atom is 0.173 e. The second-order valence-electron chi connectivity index (χ2n) is 4.49. The van der Waals surface area contributed by atoms with E-state index in [0.717, 1.165) is 17.3 Å². The number of nitrogens with zero attached hydrogens (tertiary/aromatic N) is 2. The molecule has 0 atom stereocenters. The van der Waals surface area contributed by atoms with Gasteiger partial charge in [0, 0.05) is 17.5 Å². The maximum atomic E-state index is 13.7. The number of hydrogen-bond donors (Lipinski definition) is 2. The minimum absolute atomic E-state index is 0.0162. The van der Waals surface area contributed by atoms with E-state index in [9.17, 15) is 8.78 Å². The van der Waals surface area contributed by atoms with Gasteiger partial charge in [-0.15, -0.1) is 0 Å². The Morgan fingerprint density at radius 2 is 2.10 bits per heavy atom. The Balaban J connectivity index is 2.17. The molecule has 3 rings (SSSR count). The minimum Gasteiger partial charge on any atom is -0.376 e. The van der Waals surface area contributed by atoms with Gasteiger partial charge in [0.15, 0.2) is 17.5 Å².